The smallest absolute Gasteiger partial charge is 0.282 e. The number of hydrogen-bond acceptors (Lipinski definition) is 5. The van der Waals surface area contributed by atoms with E-state index in [0.717, 1.165) is 36.5 Å². The summed E-state index contributed by atoms with van der Waals surface area (Å²) >= 11 is 10.5. The predicted octanol–water partition coefficient (Wildman–Crippen LogP) is 8.40. The highest BCUT2D eigenvalue weighted by Crippen LogP contribution is 2.35. The van der Waals surface area contributed by atoms with Gasteiger partial charge in [0.15, 0.2) is 11.5 Å². The third kappa shape index (κ3) is 6.70. The van der Waals surface area contributed by atoms with Crippen molar-refractivity contribution in [2.75, 3.05) is 7.11 Å². The van der Waals surface area contributed by atoms with Crippen molar-refractivity contribution in [1.29, 1.82) is 0 Å². The van der Waals surface area contributed by atoms with Crippen molar-refractivity contribution in [3.8, 4) is 11.5 Å². The Morgan fingerprint density at radius 3 is 2.51 bits per heavy atom. The number of nitrogens with zero attached hydrogens (tertiary/aromatic N) is 3. The number of rotatable bonds is 10. The van der Waals surface area contributed by atoms with E-state index >= 15 is 0 Å². The molecule has 0 aliphatic heterocycles. The summed E-state index contributed by atoms with van der Waals surface area (Å²) in [6.07, 6.45) is 4.86. The molecule has 39 heavy (non-hydrogen) atoms. The lowest BCUT2D eigenvalue weighted by atomic mass is 10.1. The van der Waals surface area contributed by atoms with Crippen molar-refractivity contribution in [3.63, 3.8) is 0 Å². The number of allylic oxidation sites excluding steroid dienone is 1. The summed E-state index contributed by atoms with van der Waals surface area (Å²) in [4.78, 5) is 18.3. The van der Waals surface area contributed by atoms with E-state index in [1.165, 1.54) is 4.68 Å². The molecular weight excluding hydrogens is 690 g/mol. The van der Waals surface area contributed by atoms with E-state index in [0.29, 0.717) is 41.3 Å². The van der Waals surface area contributed by atoms with Gasteiger partial charge in [-0.25, -0.2) is 4.98 Å². The molecular formula is C30H28Br3N3O3. The molecule has 4 aromatic rings. The minimum absolute atomic E-state index is 0.0440. The molecule has 4 rings (SSSR count). The molecule has 0 amide bonds. The first-order valence-corrected chi connectivity index (χ1v) is 14.8. The fourth-order valence-corrected chi connectivity index (χ4v) is 5.60. The molecule has 0 aliphatic rings. The molecule has 0 saturated heterocycles. The quantitative estimate of drug-likeness (QED) is 0.122. The Morgan fingerprint density at radius 2 is 1.82 bits per heavy atom. The molecule has 1 aromatic heterocycles. The molecule has 0 bridgehead atoms. The summed E-state index contributed by atoms with van der Waals surface area (Å²) in [5, 5.41) is 5.11. The van der Waals surface area contributed by atoms with E-state index in [1.54, 1.807) is 19.4 Å². The van der Waals surface area contributed by atoms with Crippen molar-refractivity contribution in [1.82, 2.24) is 9.66 Å². The maximum Gasteiger partial charge on any atom is 0.282 e. The van der Waals surface area contributed by atoms with E-state index in [2.05, 4.69) is 66.4 Å². The number of ether oxygens (including phenoxy) is 2. The Hall–Kier alpha value is -2.75. The third-order valence-corrected chi connectivity index (χ3v) is 8.06. The van der Waals surface area contributed by atoms with Crippen LogP contribution >= 0.6 is 47.8 Å². The molecule has 0 aliphatic carbocycles. The minimum atomic E-state index is -0.217. The van der Waals surface area contributed by atoms with Crippen LogP contribution in [0.15, 0.2) is 84.5 Å². The minimum Gasteiger partial charge on any atom is -0.493 e. The van der Waals surface area contributed by atoms with Crippen LogP contribution in [0.2, 0.25) is 0 Å². The van der Waals surface area contributed by atoms with Gasteiger partial charge in [-0.3, -0.25) is 4.79 Å². The van der Waals surface area contributed by atoms with Gasteiger partial charge in [-0.2, -0.15) is 9.78 Å². The zero-order chi connectivity index (χ0) is 28.1. The maximum atomic E-state index is 13.5. The summed E-state index contributed by atoms with van der Waals surface area (Å²) in [6.45, 7) is 8.37. The molecule has 1 heterocycles. The Labute approximate surface area is 253 Å². The maximum absolute atomic E-state index is 13.5. The van der Waals surface area contributed by atoms with E-state index in [1.807, 2.05) is 55.5 Å². The van der Waals surface area contributed by atoms with Crippen LogP contribution in [-0.2, 0) is 13.0 Å². The van der Waals surface area contributed by atoms with Gasteiger partial charge in [-0.05, 0) is 60.9 Å². The Bertz CT molecular complexity index is 1620. The molecule has 0 unspecified atom stereocenters. The van der Waals surface area contributed by atoms with Crippen LogP contribution in [-0.4, -0.2) is 23.0 Å². The van der Waals surface area contributed by atoms with Crippen LogP contribution in [0.3, 0.4) is 0 Å². The lowest BCUT2D eigenvalue weighted by Gasteiger charge is -2.17. The van der Waals surface area contributed by atoms with Crippen LogP contribution < -0.4 is 15.0 Å². The molecule has 202 valence electrons. The molecule has 6 nitrogen and oxygen atoms in total. The largest absolute Gasteiger partial charge is 0.493 e. The summed E-state index contributed by atoms with van der Waals surface area (Å²) in [7, 11) is 1.60. The second kappa shape index (κ2) is 13.1. The topological polar surface area (TPSA) is 65.7 Å². The van der Waals surface area contributed by atoms with Crippen LogP contribution in [0.25, 0.3) is 10.9 Å². The molecule has 1 atom stereocenters. The van der Waals surface area contributed by atoms with Crippen molar-refractivity contribution in [2.45, 2.75) is 39.2 Å². The van der Waals surface area contributed by atoms with Gasteiger partial charge in [-0.15, -0.1) is 6.58 Å². The average molecular weight is 718 g/mol. The second-order valence-electron chi connectivity index (χ2n) is 9.03. The molecule has 3 aromatic carbocycles. The molecule has 0 saturated carbocycles. The number of aromatic nitrogens is 2. The first-order chi connectivity index (χ1) is 18.7. The van der Waals surface area contributed by atoms with Gasteiger partial charge in [0.1, 0.15) is 12.4 Å². The van der Waals surface area contributed by atoms with Gasteiger partial charge in [0.05, 0.1) is 24.2 Å². The first-order valence-electron chi connectivity index (χ1n) is 12.4. The first kappa shape index (κ1) is 29.2. The summed E-state index contributed by atoms with van der Waals surface area (Å²) in [6, 6.07) is 15.3. The van der Waals surface area contributed by atoms with Crippen LogP contribution in [0, 0.1) is 0 Å². The van der Waals surface area contributed by atoms with E-state index in [-0.39, 0.29) is 11.5 Å². The van der Waals surface area contributed by atoms with Crippen LogP contribution in [0.1, 0.15) is 48.7 Å². The van der Waals surface area contributed by atoms with E-state index < -0.39 is 0 Å². The van der Waals surface area contributed by atoms with Gasteiger partial charge in [0.25, 0.3) is 5.56 Å². The SMILES string of the molecule is C=CCc1cc(C=Nn2c([C@H](C)CC)nc3ccc(Br)cc3c2=O)cc(OC)c1OCc1ccc(Br)cc1Br. The van der Waals surface area contributed by atoms with Crippen molar-refractivity contribution in [3.05, 3.63) is 107 Å². The monoisotopic (exact) mass is 715 g/mol. The van der Waals surface area contributed by atoms with Crippen LogP contribution in [0.5, 0.6) is 11.5 Å². The van der Waals surface area contributed by atoms with Crippen LogP contribution in [0.4, 0.5) is 0 Å². The van der Waals surface area contributed by atoms with Gasteiger partial charge in [0.2, 0.25) is 0 Å². The highest BCUT2D eigenvalue weighted by Gasteiger charge is 2.17. The summed E-state index contributed by atoms with van der Waals surface area (Å²) in [5.74, 6) is 1.87. The highest BCUT2D eigenvalue weighted by molar-refractivity contribution is 9.11. The lowest BCUT2D eigenvalue weighted by molar-refractivity contribution is 0.281. The number of fused-ring (bicyclic) bond motifs is 1. The Morgan fingerprint density at radius 1 is 1.08 bits per heavy atom. The number of benzene rings is 3. The van der Waals surface area contributed by atoms with Gasteiger partial charge in [-0.1, -0.05) is 73.8 Å². The summed E-state index contributed by atoms with van der Waals surface area (Å²) < 4.78 is 16.1. The van der Waals surface area contributed by atoms with Gasteiger partial charge >= 0.3 is 0 Å². The predicted molar refractivity (Wildman–Crippen MR) is 168 cm³/mol. The molecule has 0 radical (unpaired) electrons. The fraction of sp³-hybridized carbons (Fsp3) is 0.233. The van der Waals surface area contributed by atoms with Gasteiger partial charge < -0.3 is 9.47 Å². The average Bonchev–Trinajstić information content (AvgIpc) is 2.92. The van der Waals surface area contributed by atoms with Crippen molar-refractivity contribution in [2.24, 2.45) is 5.10 Å². The number of hydrogen-bond donors (Lipinski definition) is 0. The zero-order valence-electron chi connectivity index (χ0n) is 21.9. The van der Waals surface area contributed by atoms with E-state index in [4.69, 9.17) is 14.5 Å². The van der Waals surface area contributed by atoms with Gasteiger partial charge in [0, 0.05) is 30.5 Å². The zero-order valence-corrected chi connectivity index (χ0v) is 26.6. The van der Waals surface area contributed by atoms with Crippen molar-refractivity contribution >= 4 is 64.9 Å². The summed E-state index contributed by atoms with van der Waals surface area (Å²) in [5.41, 5.74) is 3.10. The Balaban J connectivity index is 1.75. The lowest BCUT2D eigenvalue weighted by Crippen LogP contribution is -2.23. The molecule has 0 N–H and O–H groups in total. The Kier molecular flexibility index (Phi) is 9.80. The third-order valence-electron chi connectivity index (χ3n) is 6.33. The van der Waals surface area contributed by atoms with E-state index in [9.17, 15) is 4.79 Å². The normalized spacial score (nSPS) is 12.2. The molecule has 9 heteroatoms. The second-order valence-corrected chi connectivity index (χ2v) is 11.7. The number of halogens is 3. The highest BCUT2D eigenvalue weighted by atomic mass is 79.9. The standard InChI is InChI=1S/C30H28Br3N3O3/c1-5-7-20-12-19(13-27(38-4)28(20)39-17-21-8-9-23(32)15-25(21)33)16-34-36-29(18(3)6-2)35-26-11-10-22(31)14-24(26)30(36)37/h5,8-16,18H,1,6-7,17H2,2-4H3/t18-/m1/s1. The fourth-order valence-electron chi connectivity index (χ4n) is 4.07. The molecule has 0 fully saturated rings. The number of methoxy groups -OCH3 is 1. The molecule has 0 spiro atoms. The van der Waals surface area contributed by atoms with Crippen molar-refractivity contribution < 1.29 is 9.47 Å².